The van der Waals surface area contributed by atoms with Crippen molar-refractivity contribution < 1.29 is 14.3 Å². The maximum absolute atomic E-state index is 12.9. The number of rotatable bonds is 10. The van der Waals surface area contributed by atoms with Crippen molar-refractivity contribution in [1.82, 2.24) is 5.32 Å². The molecule has 156 valence electrons. The Morgan fingerprint density at radius 3 is 2.38 bits per heavy atom. The zero-order valence-electron chi connectivity index (χ0n) is 17.9. The Morgan fingerprint density at radius 1 is 1.07 bits per heavy atom. The number of ether oxygens (including phenoxy) is 1. The van der Waals surface area contributed by atoms with Gasteiger partial charge in [-0.15, -0.1) is 0 Å². The van der Waals surface area contributed by atoms with Gasteiger partial charge < -0.3 is 15.0 Å². The first-order valence-electron chi connectivity index (χ1n) is 10.1. The van der Waals surface area contributed by atoms with Crippen LogP contribution in [0.3, 0.4) is 0 Å². The van der Waals surface area contributed by atoms with Crippen molar-refractivity contribution in [3.8, 4) is 0 Å². The van der Waals surface area contributed by atoms with E-state index < -0.39 is 0 Å². The Bertz CT molecular complexity index is 800. The fraction of sp³-hybridized carbons (Fsp3) is 0.417. The van der Waals surface area contributed by atoms with Crippen LogP contribution >= 0.6 is 0 Å². The van der Waals surface area contributed by atoms with Crippen molar-refractivity contribution >= 4 is 17.5 Å². The molecule has 1 N–H and O–H groups in total. The van der Waals surface area contributed by atoms with E-state index in [1.54, 1.807) is 7.11 Å². The molecule has 29 heavy (non-hydrogen) atoms. The van der Waals surface area contributed by atoms with Crippen LogP contribution in [0.2, 0.25) is 0 Å². The molecular weight excluding hydrogens is 364 g/mol. The highest BCUT2D eigenvalue weighted by atomic mass is 16.5. The third-order valence-electron chi connectivity index (χ3n) is 4.71. The monoisotopic (exact) mass is 396 g/mol. The van der Waals surface area contributed by atoms with E-state index in [1.807, 2.05) is 41.3 Å². The second-order valence-electron chi connectivity index (χ2n) is 7.69. The third-order valence-corrected chi connectivity index (χ3v) is 4.71. The number of nitrogens with zero attached hydrogens (tertiary/aromatic N) is 1. The first-order valence-corrected chi connectivity index (χ1v) is 10.1. The molecule has 0 fully saturated rings. The molecule has 5 heteroatoms. The van der Waals surface area contributed by atoms with Gasteiger partial charge in [0.2, 0.25) is 11.8 Å². The number of amides is 2. The van der Waals surface area contributed by atoms with Crippen LogP contribution in [-0.4, -0.2) is 32.1 Å². The van der Waals surface area contributed by atoms with Gasteiger partial charge in [0.05, 0.1) is 19.6 Å². The summed E-state index contributed by atoms with van der Waals surface area (Å²) in [6.45, 7) is 7.70. The molecule has 0 aliphatic carbocycles. The van der Waals surface area contributed by atoms with Gasteiger partial charge in [0.25, 0.3) is 0 Å². The first kappa shape index (κ1) is 22.6. The fourth-order valence-electron chi connectivity index (χ4n) is 3.07. The van der Waals surface area contributed by atoms with Crippen LogP contribution < -0.4 is 10.2 Å². The summed E-state index contributed by atoms with van der Waals surface area (Å²) in [5.41, 5.74) is 4.06. The molecular formula is C24H32N2O3. The van der Waals surface area contributed by atoms with Crippen LogP contribution in [-0.2, 0) is 27.3 Å². The number of methoxy groups -OCH3 is 1. The molecule has 2 aromatic carbocycles. The van der Waals surface area contributed by atoms with Crippen molar-refractivity contribution in [2.75, 3.05) is 25.2 Å². The minimum Gasteiger partial charge on any atom is -0.383 e. The zero-order valence-corrected chi connectivity index (χ0v) is 17.9. The van der Waals surface area contributed by atoms with Gasteiger partial charge in [-0.05, 0) is 41.7 Å². The van der Waals surface area contributed by atoms with Gasteiger partial charge in [-0.3, -0.25) is 9.59 Å². The van der Waals surface area contributed by atoms with Crippen molar-refractivity contribution in [3.63, 3.8) is 0 Å². The average molecular weight is 397 g/mol. The van der Waals surface area contributed by atoms with Gasteiger partial charge in [0.15, 0.2) is 0 Å². The Kier molecular flexibility index (Phi) is 8.87. The summed E-state index contributed by atoms with van der Waals surface area (Å²) in [4.78, 5) is 26.8. The molecule has 0 aliphatic heterocycles. The molecule has 0 saturated carbocycles. The summed E-state index contributed by atoms with van der Waals surface area (Å²) in [6, 6.07) is 15.8. The van der Waals surface area contributed by atoms with Gasteiger partial charge >= 0.3 is 0 Å². The van der Waals surface area contributed by atoms with Crippen LogP contribution in [0.25, 0.3) is 0 Å². The molecule has 2 rings (SSSR count). The van der Waals surface area contributed by atoms with Crippen molar-refractivity contribution in [2.45, 2.75) is 40.2 Å². The predicted molar refractivity (Wildman–Crippen MR) is 117 cm³/mol. The van der Waals surface area contributed by atoms with E-state index in [-0.39, 0.29) is 17.7 Å². The van der Waals surface area contributed by atoms with Crippen LogP contribution in [0.15, 0.2) is 48.5 Å². The van der Waals surface area contributed by atoms with E-state index in [4.69, 9.17) is 4.74 Å². The molecule has 5 nitrogen and oxygen atoms in total. The highest BCUT2D eigenvalue weighted by Crippen LogP contribution is 2.22. The third kappa shape index (κ3) is 7.35. The summed E-state index contributed by atoms with van der Waals surface area (Å²) in [6.07, 6.45) is 0.803. The molecule has 0 spiro atoms. The maximum atomic E-state index is 12.9. The lowest BCUT2D eigenvalue weighted by atomic mass is 10.1. The van der Waals surface area contributed by atoms with Crippen molar-refractivity contribution in [2.24, 2.45) is 5.92 Å². The van der Waals surface area contributed by atoms with Crippen LogP contribution in [0.1, 0.15) is 37.0 Å². The Labute approximate surface area is 174 Å². The number of hydrogen-bond donors (Lipinski definition) is 1. The number of anilines is 1. The molecule has 0 unspecified atom stereocenters. The average Bonchev–Trinajstić information content (AvgIpc) is 2.68. The standard InChI is InChI=1S/C24H32N2O3/c1-18(2)15-24(28)26(17-21-8-6-5-7-19(21)3)22-11-9-20(10-12-22)16-23(27)25-13-14-29-4/h5-12,18H,13-17H2,1-4H3,(H,25,27). The van der Waals surface area contributed by atoms with Gasteiger partial charge in [-0.2, -0.15) is 0 Å². The fourth-order valence-corrected chi connectivity index (χ4v) is 3.07. The summed E-state index contributed by atoms with van der Waals surface area (Å²) < 4.78 is 4.94. The normalized spacial score (nSPS) is 10.8. The highest BCUT2D eigenvalue weighted by molar-refractivity contribution is 5.93. The second-order valence-corrected chi connectivity index (χ2v) is 7.69. The van der Waals surface area contributed by atoms with E-state index in [0.717, 1.165) is 16.8 Å². The summed E-state index contributed by atoms with van der Waals surface area (Å²) in [5.74, 6) is 0.354. The number of carbonyl (C=O) groups is 2. The Hall–Kier alpha value is -2.66. The quantitative estimate of drug-likeness (QED) is 0.620. The highest BCUT2D eigenvalue weighted by Gasteiger charge is 2.18. The van der Waals surface area contributed by atoms with E-state index >= 15 is 0 Å². The van der Waals surface area contributed by atoms with E-state index in [0.29, 0.717) is 32.5 Å². The molecule has 0 bridgehead atoms. The Balaban J connectivity index is 2.14. The maximum Gasteiger partial charge on any atom is 0.227 e. The molecule has 0 atom stereocenters. The molecule has 0 aromatic heterocycles. The van der Waals surface area contributed by atoms with Gasteiger partial charge in [-0.1, -0.05) is 50.2 Å². The molecule has 0 saturated heterocycles. The topological polar surface area (TPSA) is 58.6 Å². The van der Waals surface area contributed by atoms with Crippen molar-refractivity contribution in [1.29, 1.82) is 0 Å². The second kappa shape index (κ2) is 11.4. The van der Waals surface area contributed by atoms with Crippen LogP contribution in [0.4, 0.5) is 5.69 Å². The summed E-state index contributed by atoms with van der Waals surface area (Å²) >= 11 is 0. The van der Waals surface area contributed by atoms with Crippen molar-refractivity contribution in [3.05, 3.63) is 65.2 Å². The first-order chi connectivity index (χ1) is 13.9. The van der Waals surface area contributed by atoms with E-state index in [1.165, 1.54) is 5.56 Å². The number of nitrogens with one attached hydrogen (secondary N) is 1. The lowest BCUT2D eigenvalue weighted by Crippen LogP contribution is -2.31. The minimum atomic E-state index is -0.0394. The molecule has 0 heterocycles. The van der Waals surface area contributed by atoms with Gasteiger partial charge in [0, 0.05) is 25.8 Å². The number of benzene rings is 2. The predicted octanol–water partition coefficient (Wildman–Crippen LogP) is 3.88. The Morgan fingerprint density at radius 2 is 1.76 bits per heavy atom. The lowest BCUT2D eigenvalue weighted by Gasteiger charge is -2.25. The largest absolute Gasteiger partial charge is 0.383 e. The van der Waals surface area contributed by atoms with Gasteiger partial charge in [-0.25, -0.2) is 0 Å². The van der Waals surface area contributed by atoms with Gasteiger partial charge in [0.1, 0.15) is 0 Å². The molecule has 2 aromatic rings. The summed E-state index contributed by atoms with van der Waals surface area (Å²) in [7, 11) is 1.61. The van der Waals surface area contributed by atoms with E-state index in [2.05, 4.69) is 38.2 Å². The van der Waals surface area contributed by atoms with Crippen LogP contribution in [0.5, 0.6) is 0 Å². The lowest BCUT2D eigenvalue weighted by molar-refractivity contribution is -0.121. The minimum absolute atomic E-state index is 0.0394. The summed E-state index contributed by atoms with van der Waals surface area (Å²) in [5, 5.41) is 2.82. The molecule has 2 amide bonds. The molecule has 0 radical (unpaired) electrons. The molecule has 0 aliphatic rings. The number of hydrogen-bond acceptors (Lipinski definition) is 3. The van der Waals surface area contributed by atoms with E-state index in [9.17, 15) is 9.59 Å². The number of aryl methyl sites for hydroxylation is 1. The smallest absolute Gasteiger partial charge is 0.227 e. The zero-order chi connectivity index (χ0) is 21.2. The SMILES string of the molecule is COCCNC(=O)Cc1ccc(N(Cc2ccccc2C)C(=O)CC(C)C)cc1. The number of carbonyl (C=O) groups excluding carboxylic acids is 2. The van der Waals surface area contributed by atoms with Crippen LogP contribution in [0, 0.1) is 12.8 Å².